The van der Waals surface area contributed by atoms with Crippen molar-refractivity contribution in [1.29, 1.82) is 0 Å². The average Bonchev–Trinajstić information content (AvgIpc) is 2.56. The van der Waals surface area contributed by atoms with Crippen molar-refractivity contribution in [3.05, 3.63) is 57.6 Å². The lowest BCUT2D eigenvalue weighted by Crippen LogP contribution is -2.26. The van der Waals surface area contributed by atoms with Gasteiger partial charge < -0.3 is 4.74 Å². The standard InChI is InChI=1S/C16H15Cl2NO5S/c1-10-8-12(17)5-7-14(10)24-16(20)11-4-6-13(18)15(9-11)25(21,22)19(2)23-3/h4-9H,1-3H3. The Morgan fingerprint density at radius 1 is 1.12 bits per heavy atom. The number of nitrogens with zero attached hydrogens (tertiary/aromatic N) is 1. The Morgan fingerprint density at radius 2 is 1.80 bits per heavy atom. The fourth-order valence-corrected chi connectivity index (χ4v) is 3.65. The highest BCUT2D eigenvalue weighted by Gasteiger charge is 2.25. The molecule has 0 N–H and O–H groups in total. The first-order valence-corrected chi connectivity index (χ1v) is 9.17. The maximum Gasteiger partial charge on any atom is 0.343 e. The van der Waals surface area contributed by atoms with Gasteiger partial charge in [0.25, 0.3) is 10.0 Å². The second kappa shape index (κ2) is 7.72. The number of aryl methyl sites for hydroxylation is 1. The van der Waals surface area contributed by atoms with E-state index < -0.39 is 16.0 Å². The normalized spacial score (nSPS) is 11.6. The van der Waals surface area contributed by atoms with Crippen LogP contribution in [-0.4, -0.2) is 33.0 Å². The van der Waals surface area contributed by atoms with Crippen LogP contribution in [0, 0.1) is 6.92 Å². The maximum atomic E-state index is 12.4. The van der Waals surface area contributed by atoms with Crippen molar-refractivity contribution >= 4 is 39.2 Å². The van der Waals surface area contributed by atoms with Gasteiger partial charge in [0, 0.05) is 12.1 Å². The quantitative estimate of drug-likeness (QED) is 0.432. The number of benzene rings is 2. The second-order valence-corrected chi connectivity index (χ2v) is 7.79. The van der Waals surface area contributed by atoms with Gasteiger partial charge in [-0.2, -0.15) is 0 Å². The molecular weight excluding hydrogens is 389 g/mol. The van der Waals surface area contributed by atoms with Gasteiger partial charge in [0.2, 0.25) is 0 Å². The van der Waals surface area contributed by atoms with Gasteiger partial charge in [0.1, 0.15) is 10.6 Å². The van der Waals surface area contributed by atoms with Gasteiger partial charge in [-0.15, -0.1) is 0 Å². The molecule has 6 nitrogen and oxygen atoms in total. The number of hydrogen-bond donors (Lipinski definition) is 0. The van der Waals surface area contributed by atoms with Crippen molar-refractivity contribution in [3.63, 3.8) is 0 Å². The second-order valence-electron chi connectivity index (χ2n) is 5.04. The summed E-state index contributed by atoms with van der Waals surface area (Å²) in [6.07, 6.45) is 0. The van der Waals surface area contributed by atoms with Crippen molar-refractivity contribution in [2.75, 3.05) is 14.2 Å². The van der Waals surface area contributed by atoms with Crippen LogP contribution in [-0.2, 0) is 14.9 Å². The fourth-order valence-electron chi connectivity index (χ4n) is 1.95. The van der Waals surface area contributed by atoms with Crippen molar-refractivity contribution in [3.8, 4) is 5.75 Å². The topological polar surface area (TPSA) is 72.9 Å². The van der Waals surface area contributed by atoms with E-state index >= 15 is 0 Å². The molecule has 2 aromatic carbocycles. The molecule has 0 aliphatic rings. The highest BCUT2D eigenvalue weighted by molar-refractivity contribution is 7.89. The van der Waals surface area contributed by atoms with Gasteiger partial charge in [-0.25, -0.2) is 13.2 Å². The summed E-state index contributed by atoms with van der Waals surface area (Å²) >= 11 is 11.8. The first-order valence-electron chi connectivity index (χ1n) is 6.97. The molecule has 0 heterocycles. The van der Waals surface area contributed by atoms with Crippen LogP contribution < -0.4 is 4.74 Å². The maximum absolute atomic E-state index is 12.4. The Kier molecular flexibility index (Phi) is 6.08. The molecule has 0 atom stereocenters. The van der Waals surface area contributed by atoms with Crippen LogP contribution >= 0.6 is 23.2 Å². The monoisotopic (exact) mass is 403 g/mol. The van der Waals surface area contributed by atoms with E-state index in [4.69, 9.17) is 32.8 Å². The molecule has 0 saturated carbocycles. The minimum absolute atomic E-state index is 0.0295. The van der Waals surface area contributed by atoms with Crippen LogP contribution in [0.4, 0.5) is 0 Å². The lowest BCUT2D eigenvalue weighted by molar-refractivity contribution is -0.0258. The third kappa shape index (κ3) is 4.31. The zero-order chi connectivity index (χ0) is 18.8. The van der Waals surface area contributed by atoms with Crippen LogP contribution in [0.3, 0.4) is 0 Å². The number of esters is 1. The van der Waals surface area contributed by atoms with Gasteiger partial charge in [-0.05, 0) is 48.9 Å². The van der Waals surface area contributed by atoms with Crippen LogP contribution in [0.25, 0.3) is 0 Å². The van der Waals surface area contributed by atoms with E-state index in [1.807, 2.05) is 0 Å². The number of hydrogen-bond acceptors (Lipinski definition) is 5. The van der Waals surface area contributed by atoms with Crippen LogP contribution in [0.1, 0.15) is 15.9 Å². The first-order chi connectivity index (χ1) is 11.7. The number of carbonyl (C=O) groups is 1. The summed E-state index contributed by atoms with van der Waals surface area (Å²) in [5.41, 5.74) is 0.698. The van der Waals surface area contributed by atoms with E-state index in [-0.39, 0.29) is 15.5 Å². The molecule has 0 amide bonds. The van der Waals surface area contributed by atoms with Crippen LogP contribution in [0.15, 0.2) is 41.3 Å². The molecule has 25 heavy (non-hydrogen) atoms. The molecule has 0 fully saturated rings. The average molecular weight is 404 g/mol. The zero-order valence-corrected chi connectivity index (χ0v) is 15.9. The van der Waals surface area contributed by atoms with Crippen LogP contribution in [0.2, 0.25) is 10.0 Å². The van der Waals surface area contributed by atoms with E-state index in [9.17, 15) is 13.2 Å². The van der Waals surface area contributed by atoms with Gasteiger partial charge in [0.05, 0.1) is 17.7 Å². The summed E-state index contributed by atoms with van der Waals surface area (Å²) < 4.78 is 30.7. The largest absolute Gasteiger partial charge is 0.423 e. The summed E-state index contributed by atoms with van der Waals surface area (Å²) in [6, 6.07) is 8.62. The number of sulfonamides is 1. The Hall–Kier alpha value is -1.64. The highest BCUT2D eigenvalue weighted by atomic mass is 35.5. The van der Waals surface area contributed by atoms with E-state index in [2.05, 4.69) is 0 Å². The molecule has 0 aromatic heterocycles. The molecule has 134 valence electrons. The lowest BCUT2D eigenvalue weighted by Gasteiger charge is -2.15. The van der Waals surface area contributed by atoms with E-state index in [1.54, 1.807) is 25.1 Å². The molecule has 0 saturated heterocycles. The number of hydroxylamine groups is 1. The number of rotatable bonds is 5. The summed E-state index contributed by atoms with van der Waals surface area (Å²) in [6.45, 7) is 1.74. The predicted octanol–water partition coefficient (Wildman–Crippen LogP) is 3.70. The Labute approximate surface area is 155 Å². The molecule has 0 unspecified atom stereocenters. The third-order valence-electron chi connectivity index (χ3n) is 3.38. The van der Waals surface area contributed by atoms with Gasteiger partial charge in [-0.3, -0.25) is 4.84 Å². The minimum atomic E-state index is -4.01. The van der Waals surface area contributed by atoms with Crippen molar-refractivity contribution in [2.24, 2.45) is 0 Å². The molecule has 0 radical (unpaired) electrons. The van der Waals surface area contributed by atoms with Gasteiger partial charge in [-0.1, -0.05) is 27.7 Å². The molecular formula is C16H15Cl2NO5S. The Bertz CT molecular complexity index is 915. The third-order valence-corrected chi connectivity index (χ3v) is 5.78. The van der Waals surface area contributed by atoms with Crippen molar-refractivity contribution in [2.45, 2.75) is 11.8 Å². The summed E-state index contributed by atoms with van der Waals surface area (Å²) in [4.78, 5) is 16.8. The Balaban J connectivity index is 2.37. The number of ether oxygens (including phenoxy) is 1. The summed E-state index contributed by atoms with van der Waals surface area (Å²) in [7, 11) is -1.59. The molecule has 2 rings (SSSR count). The lowest BCUT2D eigenvalue weighted by atomic mass is 10.2. The SMILES string of the molecule is CON(C)S(=O)(=O)c1cc(C(=O)Oc2ccc(Cl)cc2C)ccc1Cl. The molecule has 0 bridgehead atoms. The highest BCUT2D eigenvalue weighted by Crippen LogP contribution is 2.27. The zero-order valence-electron chi connectivity index (χ0n) is 13.6. The smallest absolute Gasteiger partial charge is 0.343 e. The molecule has 2 aromatic rings. The Morgan fingerprint density at radius 3 is 2.40 bits per heavy atom. The molecule has 0 spiro atoms. The van der Waals surface area contributed by atoms with Crippen molar-refractivity contribution in [1.82, 2.24) is 4.47 Å². The van der Waals surface area contributed by atoms with E-state index in [0.717, 1.165) is 6.07 Å². The van der Waals surface area contributed by atoms with Crippen molar-refractivity contribution < 1.29 is 22.8 Å². The fraction of sp³-hybridized carbons (Fsp3) is 0.188. The van der Waals surface area contributed by atoms with E-state index in [1.165, 1.54) is 26.3 Å². The minimum Gasteiger partial charge on any atom is -0.423 e. The predicted molar refractivity (Wildman–Crippen MR) is 94.6 cm³/mol. The van der Waals surface area contributed by atoms with E-state index in [0.29, 0.717) is 20.8 Å². The van der Waals surface area contributed by atoms with Gasteiger partial charge >= 0.3 is 5.97 Å². The summed E-state index contributed by atoms with van der Waals surface area (Å²) in [5.74, 6) is -0.402. The van der Waals surface area contributed by atoms with Crippen LogP contribution in [0.5, 0.6) is 5.75 Å². The molecule has 0 aliphatic heterocycles. The molecule has 9 heteroatoms. The first kappa shape index (κ1) is 19.7. The number of carbonyl (C=O) groups excluding carboxylic acids is 1. The van der Waals surface area contributed by atoms with Gasteiger partial charge in [0.15, 0.2) is 0 Å². The number of halogens is 2. The molecule has 0 aliphatic carbocycles. The summed E-state index contributed by atoms with van der Waals surface area (Å²) in [5, 5.41) is 0.475.